The number of rotatable bonds is 12. The van der Waals surface area contributed by atoms with E-state index in [0.717, 1.165) is 28.7 Å². The Morgan fingerprint density at radius 1 is 1.08 bits per heavy atom. The molecule has 0 radical (unpaired) electrons. The Hall–Kier alpha value is -3.93. The topological polar surface area (TPSA) is 96.1 Å². The van der Waals surface area contributed by atoms with Gasteiger partial charge in [0.2, 0.25) is 0 Å². The maximum atomic E-state index is 13.1. The largest absolute Gasteiger partial charge is 0.573 e. The lowest BCUT2D eigenvalue weighted by molar-refractivity contribution is -0.274. The summed E-state index contributed by atoms with van der Waals surface area (Å²) in [4.78, 5) is 30.0. The Labute approximate surface area is 221 Å². The molecule has 0 aliphatic heterocycles. The summed E-state index contributed by atoms with van der Waals surface area (Å²) in [6, 6.07) is 12.1. The van der Waals surface area contributed by atoms with E-state index in [1.165, 1.54) is 23.7 Å². The van der Waals surface area contributed by atoms with Crippen molar-refractivity contribution in [3.8, 4) is 11.5 Å². The molecule has 3 rings (SSSR count). The van der Waals surface area contributed by atoms with Gasteiger partial charge < -0.3 is 19.5 Å². The Kier molecular flexibility index (Phi) is 9.83. The third-order valence-corrected chi connectivity index (χ3v) is 5.36. The number of alkyl halides is 3. The van der Waals surface area contributed by atoms with Crippen molar-refractivity contribution in [3.63, 3.8) is 0 Å². The van der Waals surface area contributed by atoms with Crippen molar-refractivity contribution in [2.75, 3.05) is 18.5 Å². The van der Waals surface area contributed by atoms with E-state index in [0.29, 0.717) is 11.4 Å². The van der Waals surface area contributed by atoms with Crippen LogP contribution in [-0.4, -0.2) is 35.1 Å². The number of nitrogens with zero attached hydrogens (tertiary/aromatic N) is 3. The van der Waals surface area contributed by atoms with Crippen molar-refractivity contribution < 1.29 is 27.4 Å². The fourth-order valence-corrected chi connectivity index (χ4v) is 3.51. The van der Waals surface area contributed by atoms with E-state index in [4.69, 9.17) is 21.1 Å². The second kappa shape index (κ2) is 13.0. The molecule has 1 aromatic heterocycles. The molecule has 0 spiro atoms. The van der Waals surface area contributed by atoms with Gasteiger partial charge in [0.25, 0.3) is 5.56 Å². The highest BCUT2D eigenvalue weighted by Crippen LogP contribution is 2.26. The van der Waals surface area contributed by atoms with Gasteiger partial charge >= 0.3 is 12.1 Å². The summed E-state index contributed by atoms with van der Waals surface area (Å²) < 4.78 is 54.0. The molecule has 204 valence electrons. The summed E-state index contributed by atoms with van der Waals surface area (Å²) in [6.07, 6.45) is -3.15. The smallest absolute Gasteiger partial charge is 0.490 e. The minimum atomic E-state index is -4.81. The number of aliphatic imine (C=N–C) groups is 1. The summed E-state index contributed by atoms with van der Waals surface area (Å²) in [6.45, 7) is 2.36. The van der Waals surface area contributed by atoms with E-state index in [9.17, 15) is 22.8 Å². The standard InChI is InChI=1S/C25H26ClF3N4O5/c1-3-11-33-23(34)21(30-15-17-7-9-18(26)10-8-17)22(32(2)24(33)35)31-16-36-12-13-37-19-5-4-6-20(14-19)38-25(27,28)29/h4-10,14,16,30H,3,11-13,15H2,1-2H3/b31-16+. The molecule has 0 amide bonds. The molecular formula is C25H26ClF3N4O5. The van der Waals surface area contributed by atoms with Crippen molar-refractivity contribution in [1.29, 1.82) is 0 Å². The first kappa shape index (κ1) is 28.6. The van der Waals surface area contributed by atoms with Crippen LogP contribution in [0.2, 0.25) is 5.02 Å². The molecule has 9 nitrogen and oxygen atoms in total. The molecule has 0 fully saturated rings. The van der Waals surface area contributed by atoms with Gasteiger partial charge in [-0.1, -0.05) is 36.7 Å². The Bertz CT molecular complexity index is 1370. The minimum Gasteiger partial charge on any atom is -0.490 e. The Morgan fingerprint density at radius 2 is 1.79 bits per heavy atom. The zero-order valence-corrected chi connectivity index (χ0v) is 21.4. The van der Waals surface area contributed by atoms with Crippen LogP contribution in [0.3, 0.4) is 0 Å². The summed E-state index contributed by atoms with van der Waals surface area (Å²) in [5.74, 6) is -0.183. The molecular weight excluding hydrogens is 529 g/mol. The van der Waals surface area contributed by atoms with Gasteiger partial charge in [0.05, 0.1) is 0 Å². The van der Waals surface area contributed by atoms with Crippen molar-refractivity contribution in [1.82, 2.24) is 9.13 Å². The van der Waals surface area contributed by atoms with Gasteiger partial charge in [-0.25, -0.2) is 9.79 Å². The van der Waals surface area contributed by atoms with E-state index >= 15 is 0 Å². The normalized spacial score (nSPS) is 11.5. The highest BCUT2D eigenvalue weighted by molar-refractivity contribution is 6.30. The van der Waals surface area contributed by atoms with E-state index in [-0.39, 0.29) is 43.6 Å². The Morgan fingerprint density at radius 3 is 2.47 bits per heavy atom. The molecule has 3 aromatic rings. The highest BCUT2D eigenvalue weighted by Gasteiger charge is 2.31. The first-order valence-electron chi connectivity index (χ1n) is 11.5. The summed E-state index contributed by atoms with van der Waals surface area (Å²) in [5, 5.41) is 3.64. The number of ether oxygens (including phenoxy) is 3. The molecule has 0 bridgehead atoms. The van der Waals surface area contributed by atoms with Gasteiger partial charge in [-0.15, -0.1) is 13.2 Å². The molecule has 0 unspecified atom stereocenters. The number of benzene rings is 2. The first-order valence-corrected chi connectivity index (χ1v) is 11.9. The molecule has 38 heavy (non-hydrogen) atoms. The van der Waals surface area contributed by atoms with E-state index in [1.807, 2.05) is 6.92 Å². The lowest BCUT2D eigenvalue weighted by Crippen LogP contribution is -2.40. The lowest BCUT2D eigenvalue weighted by Gasteiger charge is -2.15. The fraction of sp³-hybridized carbons (Fsp3) is 0.320. The van der Waals surface area contributed by atoms with Gasteiger partial charge in [-0.2, -0.15) is 0 Å². The molecule has 1 N–H and O–H groups in total. The number of aromatic nitrogens is 2. The van der Waals surface area contributed by atoms with E-state index in [1.54, 1.807) is 24.3 Å². The Balaban J connectivity index is 1.69. The highest BCUT2D eigenvalue weighted by atomic mass is 35.5. The molecule has 2 aromatic carbocycles. The second-order valence-corrected chi connectivity index (χ2v) is 8.39. The van der Waals surface area contributed by atoms with Crippen LogP contribution < -0.4 is 26.0 Å². The van der Waals surface area contributed by atoms with Crippen LogP contribution in [0.25, 0.3) is 0 Å². The third kappa shape index (κ3) is 8.04. The van der Waals surface area contributed by atoms with Gasteiger partial charge in [0, 0.05) is 31.2 Å². The maximum Gasteiger partial charge on any atom is 0.573 e. The van der Waals surface area contributed by atoms with Crippen LogP contribution in [0, 0.1) is 0 Å². The van der Waals surface area contributed by atoms with Crippen LogP contribution in [0.5, 0.6) is 11.5 Å². The van der Waals surface area contributed by atoms with Crippen molar-refractivity contribution in [3.05, 3.63) is 80.0 Å². The number of hydrogen-bond acceptors (Lipinski definition) is 7. The first-order chi connectivity index (χ1) is 18.1. The average molecular weight is 555 g/mol. The van der Waals surface area contributed by atoms with Crippen molar-refractivity contribution in [2.24, 2.45) is 12.0 Å². The van der Waals surface area contributed by atoms with E-state index < -0.39 is 23.4 Å². The van der Waals surface area contributed by atoms with Gasteiger partial charge in [0.15, 0.2) is 12.2 Å². The molecule has 0 saturated carbocycles. The number of anilines is 1. The quantitative estimate of drug-likeness (QED) is 0.195. The number of hydrogen-bond donors (Lipinski definition) is 1. The van der Waals surface area contributed by atoms with Crippen LogP contribution in [0.1, 0.15) is 18.9 Å². The van der Waals surface area contributed by atoms with E-state index in [2.05, 4.69) is 15.0 Å². The van der Waals surface area contributed by atoms with Crippen molar-refractivity contribution in [2.45, 2.75) is 32.8 Å². The van der Waals surface area contributed by atoms with Crippen LogP contribution in [-0.2, 0) is 24.9 Å². The third-order valence-electron chi connectivity index (χ3n) is 5.11. The predicted molar refractivity (Wildman–Crippen MR) is 138 cm³/mol. The van der Waals surface area contributed by atoms with Crippen molar-refractivity contribution >= 4 is 29.5 Å². The van der Waals surface area contributed by atoms with Gasteiger partial charge in [0.1, 0.15) is 30.4 Å². The fourth-order valence-electron chi connectivity index (χ4n) is 3.38. The monoisotopic (exact) mass is 554 g/mol. The van der Waals surface area contributed by atoms with Crippen LogP contribution >= 0.6 is 11.6 Å². The predicted octanol–water partition coefficient (Wildman–Crippen LogP) is 4.88. The molecule has 0 saturated heterocycles. The minimum absolute atomic E-state index is 0.0117. The zero-order valence-electron chi connectivity index (χ0n) is 20.6. The molecule has 13 heteroatoms. The molecule has 1 heterocycles. The van der Waals surface area contributed by atoms with Crippen LogP contribution in [0.15, 0.2) is 63.1 Å². The number of halogens is 4. The maximum absolute atomic E-state index is 13.1. The van der Waals surface area contributed by atoms with Crippen LogP contribution in [0.4, 0.5) is 24.7 Å². The van der Waals surface area contributed by atoms with Gasteiger partial charge in [-0.05, 0) is 36.2 Å². The summed E-state index contributed by atoms with van der Waals surface area (Å²) >= 11 is 5.93. The molecule has 0 aliphatic carbocycles. The summed E-state index contributed by atoms with van der Waals surface area (Å²) in [5.41, 5.74) is -0.0588. The number of nitrogens with one attached hydrogen (secondary N) is 1. The SMILES string of the molecule is CCCn1c(=O)c(NCc2ccc(Cl)cc2)c(/N=C/OCCOc2cccc(OC(F)(F)F)c2)n(C)c1=O. The lowest BCUT2D eigenvalue weighted by atomic mass is 10.2. The summed E-state index contributed by atoms with van der Waals surface area (Å²) in [7, 11) is 1.49. The average Bonchev–Trinajstić information content (AvgIpc) is 2.86. The zero-order chi connectivity index (χ0) is 27.7. The molecule has 0 atom stereocenters. The van der Waals surface area contributed by atoms with Gasteiger partial charge in [-0.3, -0.25) is 13.9 Å². The molecule has 0 aliphatic rings. The second-order valence-electron chi connectivity index (χ2n) is 7.95.